The summed E-state index contributed by atoms with van der Waals surface area (Å²) in [5, 5.41) is 13.4. The van der Waals surface area contributed by atoms with E-state index in [1.54, 1.807) is 6.21 Å². The highest BCUT2D eigenvalue weighted by Gasteiger charge is 2.07. The maximum atomic E-state index is 4.39. The van der Waals surface area contributed by atoms with Crippen LogP contribution in [-0.2, 0) is 7.05 Å². The number of hydrazone groups is 1. The Hall–Kier alpha value is -3.22. The molecule has 0 aliphatic carbocycles. The predicted octanol–water partition coefficient (Wildman–Crippen LogP) is 2.29. The maximum Gasteiger partial charge on any atom is 0.265 e. The minimum absolute atomic E-state index is 0.351. The Kier molecular flexibility index (Phi) is 2.82. The topological polar surface area (TPSA) is 83.8 Å². The van der Waals surface area contributed by atoms with Gasteiger partial charge in [0.2, 0.25) is 0 Å². The highest BCUT2D eigenvalue weighted by molar-refractivity contribution is 6.03. The average molecular weight is 291 g/mol. The first-order valence-corrected chi connectivity index (χ1v) is 6.83. The normalized spacial score (nSPS) is 11.7. The fraction of sp³-hybridized carbons (Fsp3) is 0.0667. The zero-order chi connectivity index (χ0) is 14.9. The summed E-state index contributed by atoms with van der Waals surface area (Å²) in [6, 6.07) is 11.8. The molecule has 0 saturated heterocycles. The Bertz CT molecular complexity index is 980. The van der Waals surface area contributed by atoms with Gasteiger partial charge in [-0.25, -0.2) is 5.43 Å². The van der Waals surface area contributed by atoms with Gasteiger partial charge in [-0.05, 0) is 18.2 Å². The summed E-state index contributed by atoms with van der Waals surface area (Å²) >= 11 is 0. The number of para-hydroxylation sites is 1. The van der Waals surface area contributed by atoms with Gasteiger partial charge in [0, 0.05) is 24.1 Å². The zero-order valence-corrected chi connectivity index (χ0v) is 11.9. The quantitative estimate of drug-likeness (QED) is 0.448. The van der Waals surface area contributed by atoms with Crippen molar-refractivity contribution in [2.45, 2.75) is 0 Å². The summed E-state index contributed by atoms with van der Waals surface area (Å²) in [6.45, 7) is 0. The second-order valence-corrected chi connectivity index (χ2v) is 4.92. The Labute approximate surface area is 125 Å². The monoisotopic (exact) mass is 291 g/mol. The molecular formula is C15H13N7. The number of hydrogen-bond acceptors (Lipinski definition) is 5. The van der Waals surface area contributed by atoms with Crippen LogP contribution in [0.5, 0.6) is 0 Å². The molecule has 1 aromatic carbocycles. The zero-order valence-electron chi connectivity index (χ0n) is 11.9. The molecule has 108 valence electrons. The summed E-state index contributed by atoms with van der Waals surface area (Å²) < 4.78 is 1.96. The number of rotatable bonds is 3. The highest BCUT2D eigenvalue weighted by Crippen LogP contribution is 2.21. The van der Waals surface area contributed by atoms with E-state index in [1.165, 1.54) is 0 Å². The van der Waals surface area contributed by atoms with E-state index in [4.69, 9.17) is 0 Å². The van der Waals surface area contributed by atoms with Crippen LogP contribution in [0.15, 0.2) is 47.7 Å². The van der Waals surface area contributed by atoms with E-state index in [0.717, 1.165) is 22.1 Å². The van der Waals surface area contributed by atoms with Crippen molar-refractivity contribution < 1.29 is 0 Å². The molecule has 3 heterocycles. The molecule has 0 bridgehead atoms. The number of benzene rings is 1. The molecule has 7 heteroatoms. The van der Waals surface area contributed by atoms with Crippen molar-refractivity contribution in [1.29, 1.82) is 0 Å². The minimum atomic E-state index is 0.351. The molecule has 0 radical (unpaired) electrons. The second kappa shape index (κ2) is 4.96. The molecule has 2 N–H and O–H groups in total. The number of anilines is 1. The number of aryl methyl sites for hydroxylation is 1. The van der Waals surface area contributed by atoms with Gasteiger partial charge in [-0.15, -0.1) is 10.2 Å². The van der Waals surface area contributed by atoms with Gasteiger partial charge < -0.3 is 9.55 Å². The molecule has 0 aliphatic rings. The standard InChI is InChI=1S/C15H13N7/c1-22-8-4-5-10(22)9-16-20-15-18-14-13(19-21-15)11-6-2-3-7-12(11)17-14/h2-9H,1H3,(H2,17,18,20,21)/b16-9+. The first-order chi connectivity index (χ1) is 10.8. The first kappa shape index (κ1) is 12.5. The molecule has 0 aliphatic heterocycles. The minimum Gasteiger partial charge on any atom is -0.350 e. The molecule has 0 fully saturated rings. The Morgan fingerprint density at radius 2 is 2.09 bits per heavy atom. The van der Waals surface area contributed by atoms with E-state index >= 15 is 0 Å². The van der Waals surface area contributed by atoms with Crippen molar-refractivity contribution in [1.82, 2.24) is 24.7 Å². The maximum absolute atomic E-state index is 4.39. The molecule has 7 nitrogen and oxygen atoms in total. The first-order valence-electron chi connectivity index (χ1n) is 6.83. The van der Waals surface area contributed by atoms with Gasteiger partial charge in [0.1, 0.15) is 5.52 Å². The number of aromatic amines is 1. The highest BCUT2D eigenvalue weighted by atomic mass is 15.4. The van der Waals surface area contributed by atoms with Crippen molar-refractivity contribution in [3.63, 3.8) is 0 Å². The lowest BCUT2D eigenvalue weighted by Crippen LogP contribution is -2.00. The van der Waals surface area contributed by atoms with Crippen molar-refractivity contribution in [2.75, 3.05) is 5.43 Å². The number of nitrogens with zero attached hydrogens (tertiary/aromatic N) is 5. The van der Waals surface area contributed by atoms with Gasteiger partial charge in [-0.1, -0.05) is 18.2 Å². The van der Waals surface area contributed by atoms with Crippen molar-refractivity contribution >= 4 is 34.2 Å². The van der Waals surface area contributed by atoms with Gasteiger partial charge in [-0.2, -0.15) is 10.1 Å². The third-order valence-corrected chi connectivity index (χ3v) is 3.47. The summed E-state index contributed by atoms with van der Waals surface area (Å²) in [7, 11) is 1.95. The van der Waals surface area contributed by atoms with E-state index in [0.29, 0.717) is 11.6 Å². The van der Waals surface area contributed by atoms with Crippen LogP contribution in [0.1, 0.15) is 5.69 Å². The lowest BCUT2D eigenvalue weighted by Gasteiger charge is -1.98. The third kappa shape index (κ3) is 2.08. The molecule has 0 unspecified atom stereocenters. The number of H-pyrrole nitrogens is 1. The lowest BCUT2D eigenvalue weighted by atomic mass is 10.2. The van der Waals surface area contributed by atoms with Crippen molar-refractivity contribution in [3.8, 4) is 0 Å². The second-order valence-electron chi connectivity index (χ2n) is 4.92. The fourth-order valence-electron chi connectivity index (χ4n) is 2.33. The Morgan fingerprint density at radius 3 is 2.95 bits per heavy atom. The van der Waals surface area contributed by atoms with Gasteiger partial charge in [0.25, 0.3) is 5.95 Å². The smallest absolute Gasteiger partial charge is 0.265 e. The molecule has 0 amide bonds. The van der Waals surface area contributed by atoms with E-state index in [2.05, 4.69) is 30.7 Å². The lowest BCUT2D eigenvalue weighted by molar-refractivity contribution is 0.917. The number of hydrogen-bond donors (Lipinski definition) is 2. The number of aromatic nitrogens is 5. The van der Waals surface area contributed by atoms with Crippen LogP contribution in [0, 0.1) is 0 Å². The SMILES string of the molecule is Cn1cccc1/C=N/Nc1nnc2c(n1)[nH]c1ccccc12. The van der Waals surface area contributed by atoms with Crippen LogP contribution in [-0.4, -0.2) is 30.9 Å². The summed E-state index contributed by atoms with van der Waals surface area (Å²) in [6.07, 6.45) is 3.66. The molecule has 0 atom stereocenters. The summed E-state index contributed by atoms with van der Waals surface area (Å²) in [5.41, 5.74) is 6.21. The van der Waals surface area contributed by atoms with Crippen LogP contribution in [0.2, 0.25) is 0 Å². The van der Waals surface area contributed by atoms with E-state index in [-0.39, 0.29) is 0 Å². The van der Waals surface area contributed by atoms with Gasteiger partial charge >= 0.3 is 0 Å². The van der Waals surface area contributed by atoms with Crippen molar-refractivity contribution in [3.05, 3.63) is 48.3 Å². The molecule has 3 aromatic heterocycles. The van der Waals surface area contributed by atoms with Crippen LogP contribution in [0.25, 0.3) is 22.1 Å². The summed E-state index contributed by atoms with van der Waals surface area (Å²) in [5.74, 6) is 0.351. The number of fused-ring (bicyclic) bond motifs is 3. The molecule has 0 saturated carbocycles. The van der Waals surface area contributed by atoms with Crippen LogP contribution < -0.4 is 5.43 Å². The van der Waals surface area contributed by atoms with Gasteiger partial charge in [0.05, 0.1) is 11.9 Å². The molecule has 22 heavy (non-hydrogen) atoms. The third-order valence-electron chi connectivity index (χ3n) is 3.47. The summed E-state index contributed by atoms with van der Waals surface area (Å²) in [4.78, 5) is 7.61. The molecule has 4 aromatic rings. The van der Waals surface area contributed by atoms with E-state index < -0.39 is 0 Å². The Balaban J connectivity index is 1.64. The molecule has 0 spiro atoms. The Morgan fingerprint density at radius 1 is 1.18 bits per heavy atom. The van der Waals surface area contributed by atoms with Gasteiger partial charge in [-0.3, -0.25) is 0 Å². The average Bonchev–Trinajstić information content (AvgIpc) is 3.10. The van der Waals surface area contributed by atoms with Gasteiger partial charge in [0.15, 0.2) is 5.65 Å². The molecular weight excluding hydrogens is 278 g/mol. The predicted molar refractivity (Wildman–Crippen MR) is 85.8 cm³/mol. The van der Waals surface area contributed by atoms with Crippen molar-refractivity contribution in [2.24, 2.45) is 12.1 Å². The van der Waals surface area contributed by atoms with Crippen LogP contribution in [0.3, 0.4) is 0 Å². The van der Waals surface area contributed by atoms with Crippen LogP contribution >= 0.6 is 0 Å². The molecule has 4 rings (SSSR count). The van der Waals surface area contributed by atoms with E-state index in [1.807, 2.05) is 54.2 Å². The van der Waals surface area contributed by atoms with E-state index in [9.17, 15) is 0 Å². The largest absolute Gasteiger partial charge is 0.350 e. The van der Waals surface area contributed by atoms with Crippen LogP contribution in [0.4, 0.5) is 5.95 Å². The fourth-order valence-corrected chi connectivity index (χ4v) is 2.33. The number of nitrogens with one attached hydrogen (secondary N) is 2.